The summed E-state index contributed by atoms with van der Waals surface area (Å²) in [5, 5.41) is 16.9. The summed E-state index contributed by atoms with van der Waals surface area (Å²) < 4.78 is 5.21. The first-order chi connectivity index (χ1) is 15.4. The number of rotatable bonds is 9. The first kappa shape index (κ1) is 23.8. The molecule has 0 fully saturated rings. The van der Waals surface area contributed by atoms with E-state index in [0.717, 1.165) is 33.0 Å². The van der Waals surface area contributed by atoms with E-state index in [1.165, 1.54) is 11.3 Å². The summed E-state index contributed by atoms with van der Waals surface area (Å²) >= 11 is 7.54. The number of oxime groups is 1. The van der Waals surface area contributed by atoms with Crippen molar-refractivity contribution in [2.24, 2.45) is 5.16 Å². The molecule has 0 aliphatic rings. The van der Waals surface area contributed by atoms with Crippen LogP contribution in [0.3, 0.4) is 0 Å². The summed E-state index contributed by atoms with van der Waals surface area (Å²) in [6, 6.07) is 16.7. The van der Waals surface area contributed by atoms with Crippen LogP contribution in [0.5, 0.6) is 5.75 Å². The van der Waals surface area contributed by atoms with E-state index in [4.69, 9.17) is 16.3 Å². The van der Waals surface area contributed by atoms with Crippen molar-refractivity contribution < 1.29 is 14.7 Å². The van der Waals surface area contributed by atoms with E-state index >= 15 is 0 Å². The Morgan fingerprint density at radius 3 is 2.44 bits per heavy atom. The summed E-state index contributed by atoms with van der Waals surface area (Å²) in [5.41, 5.74) is 3.00. The van der Waals surface area contributed by atoms with Crippen LogP contribution < -0.4 is 10.1 Å². The van der Waals surface area contributed by atoms with E-state index in [9.17, 15) is 10.0 Å². The number of amides is 1. The van der Waals surface area contributed by atoms with Gasteiger partial charge in [-0.15, -0.1) is 11.3 Å². The first-order valence-electron chi connectivity index (χ1n) is 10.1. The molecule has 6 nitrogen and oxygen atoms in total. The molecule has 3 aromatic rings. The number of likely N-dealkylation sites (N-methyl/N-ethyl adjacent to an activating group) is 1. The maximum atomic E-state index is 12.6. The zero-order chi connectivity index (χ0) is 23.1. The molecule has 0 saturated carbocycles. The number of halogens is 1. The van der Waals surface area contributed by atoms with Gasteiger partial charge in [-0.25, -0.2) is 0 Å². The van der Waals surface area contributed by atoms with E-state index in [-0.39, 0.29) is 12.3 Å². The second-order valence-electron chi connectivity index (χ2n) is 7.48. The highest BCUT2D eigenvalue weighted by Gasteiger charge is 2.19. The first-order valence-corrected chi connectivity index (χ1v) is 11.3. The Hall–Kier alpha value is -2.87. The lowest BCUT2D eigenvalue weighted by atomic mass is 10.0. The number of thiophene rings is 1. The van der Waals surface area contributed by atoms with Crippen molar-refractivity contribution in [3.8, 4) is 16.2 Å². The lowest BCUT2D eigenvalue weighted by Crippen LogP contribution is -2.32. The number of nitrogens with one attached hydrogen (secondary N) is 1. The number of hydrogen-bond donors (Lipinski definition) is 2. The molecular weight excluding hydrogens is 446 g/mol. The van der Waals surface area contributed by atoms with Crippen molar-refractivity contribution in [3.63, 3.8) is 0 Å². The molecule has 1 amide bonds. The second-order valence-corrected chi connectivity index (χ2v) is 8.97. The fourth-order valence-corrected chi connectivity index (χ4v) is 4.49. The van der Waals surface area contributed by atoms with E-state index in [1.54, 1.807) is 7.11 Å². The quantitative estimate of drug-likeness (QED) is 0.273. The minimum Gasteiger partial charge on any atom is -0.497 e. The molecule has 2 aromatic carbocycles. The molecule has 0 aliphatic carbocycles. The Labute approximate surface area is 197 Å². The van der Waals surface area contributed by atoms with E-state index < -0.39 is 0 Å². The van der Waals surface area contributed by atoms with E-state index in [2.05, 4.69) is 10.5 Å². The van der Waals surface area contributed by atoms with Crippen molar-refractivity contribution in [1.29, 1.82) is 0 Å². The molecule has 2 N–H and O–H groups in total. The maximum Gasteiger partial charge on any atom is 0.224 e. The monoisotopic (exact) mass is 471 g/mol. The van der Waals surface area contributed by atoms with Gasteiger partial charge in [0.05, 0.1) is 18.4 Å². The highest BCUT2D eigenvalue weighted by atomic mass is 35.5. The molecule has 32 heavy (non-hydrogen) atoms. The molecule has 8 heteroatoms. The van der Waals surface area contributed by atoms with Gasteiger partial charge in [0.25, 0.3) is 0 Å². The van der Waals surface area contributed by atoms with Crippen LogP contribution in [0.15, 0.2) is 59.8 Å². The summed E-state index contributed by atoms with van der Waals surface area (Å²) in [5.74, 6) is 0.660. The molecule has 3 rings (SSSR count). The smallest absolute Gasteiger partial charge is 0.224 e. The molecule has 168 valence electrons. The lowest BCUT2D eigenvalue weighted by molar-refractivity contribution is -0.120. The van der Waals surface area contributed by atoms with Crippen LogP contribution in [0, 0.1) is 0 Å². The lowest BCUT2D eigenvalue weighted by Gasteiger charge is -2.10. The van der Waals surface area contributed by atoms with Crippen molar-refractivity contribution in [1.82, 2.24) is 10.2 Å². The fourth-order valence-electron chi connectivity index (χ4n) is 3.17. The van der Waals surface area contributed by atoms with Gasteiger partial charge in [-0.3, -0.25) is 4.79 Å². The van der Waals surface area contributed by atoms with Crippen LogP contribution >= 0.6 is 22.9 Å². The number of nitrogens with zero attached hydrogens (tertiary/aromatic N) is 2. The van der Waals surface area contributed by atoms with Gasteiger partial charge in [-0.05, 0) is 67.7 Å². The highest BCUT2D eigenvalue weighted by molar-refractivity contribution is 7.17. The Kier molecular flexibility index (Phi) is 8.27. The Morgan fingerprint density at radius 1 is 1.16 bits per heavy atom. The summed E-state index contributed by atoms with van der Waals surface area (Å²) in [7, 11) is 5.53. The SMILES string of the molecule is COc1ccc(/C(=N\O)c2cc(CC(=O)NCCN(C)C)c(-c3ccc(Cl)cc3)s2)cc1. The Morgan fingerprint density at radius 2 is 1.84 bits per heavy atom. The Bertz CT molecular complexity index is 1080. The second kappa shape index (κ2) is 11.1. The fraction of sp³-hybridized carbons (Fsp3) is 0.250. The number of carbonyl (C=O) groups excluding carboxylic acids is 1. The highest BCUT2D eigenvalue weighted by Crippen LogP contribution is 2.35. The zero-order valence-corrected chi connectivity index (χ0v) is 19.8. The number of benzene rings is 2. The van der Waals surface area contributed by atoms with Crippen LogP contribution in [0.4, 0.5) is 0 Å². The predicted molar refractivity (Wildman–Crippen MR) is 130 cm³/mol. The number of carbonyl (C=O) groups is 1. The largest absolute Gasteiger partial charge is 0.497 e. The average Bonchev–Trinajstić information content (AvgIpc) is 3.18. The van der Waals surface area contributed by atoms with Gasteiger partial charge in [0.2, 0.25) is 5.91 Å². The maximum absolute atomic E-state index is 12.6. The Balaban J connectivity index is 1.93. The molecule has 1 aromatic heterocycles. The summed E-state index contributed by atoms with van der Waals surface area (Å²) in [6.45, 7) is 1.34. The van der Waals surface area contributed by atoms with Crippen molar-refractivity contribution in [3.05, 3.63) is 75.6 Å². The van der Waals surface area contributed by atoms with Crippen molar-refractivity contribution >= 4 is 34.6 Å². The van der Waals surface area contributed by atoms with Gasteiger partial charge in [-0.2, -0.15) is 0 Å². The third-order valence-electron chi connectivity index (χ3n) is 4.84. The van der Waals surface area contributed by atoms with Gasteiger partial charge < -0.3 is 20.2 Å². The van der Waals surface area contributed by atoms with Crippen LogP contribution in [0.2, 0.25) is 5.02 Å². The van der Waals surface area contributed by atoms with Crippen LogP contribution in [0.25, 0.3) is 10.4 Å². The van der Waals surface area contributed by atoms with Crippen LogP contribution in [-0.2, 0) is 11.2 Å². The van der Waals surface area contributed by atoms with Crippen molar-refractivity contribution in [2.45, 2.75) is 6.42 Å². The predicted octanol–water partition coefficient (Wildman–Crippen LogP) is 4.52. The molecule has 0 unspecified atom stereocenters. The van der Waals surface area contributed by atoms with Gasteiger partial charge in [0, 0.05) is 28.6 Å². The minimum absolute atomic E-state index is 0.0571. The van der Waals surface area contributed by atoms with Gasteiger partial charge in [0.15, 0.2) is 0 Å². The number of hydrogen-bond acceptors (Lipinski definition) is 6. The molecule has 0 radical (unpaired) electrons. The van der Waals surface area contributed by atoms with E-state index in [0.29, 0.717) is 23.0 Å². The normalized spacial score (nSPS) is 11.6. The third-order valence-corrected chi connectivity index (χ3v) is 6.33. The third kappa shape index (κ3) is 6.09. The number of ether oxygens (including phenoxy) is 1. The molecule has 0 atom stereocenters. The zero-order valence-electron chi connectivity index (χ0n) is 18.3. The van der Waals surface area contributed by atoms with Crippen molar-refractivity contribution in [2.75, 3.05) is 34.3 Å². The molecular formula is C24H26ClN3O3S. The number of methoxy groups -OCH3 is 1. The molecule has 0 aliphatic heterocycles. The molecule has 0 bridgehead atoms. The molecule has 0 saturated heterocycles. The standard InChI is InChI=1S/C24H26ClN3O3S/c1-28(2)13-12-26-22(29)15-18-14-21(32-24(18)17-4-8-19(25)9-5-17)23(27-30)16-6-10-20(31-3)11-7-16/h4-11,14,30H,12-13,15H2,1-3H3,(H,26,29)/b27-23+. The van der Waals surface area contributed by atoms with Gasteiger partial charge in [0.1, 0.15) is 11.5 Å². The molecule has 1 heterocycles. The van der Waals surface area contributed by atoms with Crippen LogP contribution in [-0.4, -0.2) is 56.0 Å². The summed E-state index contributed by atoms with van der Waals surface area (Å²) in [6.07, 6.45) is 0.225. The molecule has 0 spiro atoms. The average molecular weight is 472 g/mol. The topological polar surface area (TPSA) is 74.2 Å². The summed E-state index contributed by atoms with van der Waals surface area (Å²) in [4.78, 5) is 16.3. The van der Waals surface area contributed by atoms with Crippen LogP contribution in [0.1, 0.15) is 16.0 Å². The minimum atomic E-state index is -0.0571. The van der Waals surface area contributed by atoms with E-state index in [1.807, 2.05) is 73.6 Å². The van der Waals surface area contributed by atoms with Gasteiger partial charge in [-0.1, -0.05) is 28.9 Å². The van der Waals surface area contributed by atoms with Gasteiger partial charge >= 0.3 is 0 Å².